The van der Waals surface area contributed by atoms with Gasteiger partial charge in [-0.25, -0.2) is 0 Å². The standard InChI is InChI=1S/C12H17F3N4O/c1-2-9-4-17-19(5-9)11(6-16)7-18(8-11)10(20)3-12(13,14)15/h4-5H,2-3,6-8,16H2,1H3. The Morgan fingerprint density at radius 2 is 2.15 bits per heavy atom. The smallest absolute Gasteiger partial charge is 0.337 e. The van der Waals surface area contributed by atoms with Gasteiger partial charge in [0, 0.05) is 25.8 Å². The number of alkyl halides is 3. The van der Waals surface area contributed by atoms with Crippen LogP contribution in [0.4, 0.5) is 13.2 Å². The molecule has 0 saturated carbocycles. The lowest BCUT2D eigenvalue weighted by Gasteiger charge is -2.49. The average molecular weight is 290 g/mol. The van der Waals surface area contributed by atoms with Crippen molar-refractivity contribution in [1.29, 1.82) is 0 Å². The lowest BCUT2D eigenvalue weighted by molar-refractivity contribution is -0.169. The molecule has 8 heteroatoms. The molecule has 2 rings (SSSR count). The summed E-state index contributed by atoms with van der Waals surface area (Å²) in [5, 5.41) is 4.20. The maximum Gasteiger partial charge on any atom is 0.397 e. The van der Waals surface area contributed by atoms with Gasteiger partial charge in [-0.15, -0.1) is 0 Å². The van der Waals surface area contributed by atoms with Crippen LogP contribution >= 0.6 is 0 Å². The number of rotatable bonds is 4. The number of likely N-dealkylation sites (tertiary alicyclic amines) is 1. The van der Waals surface area contributed by atoms with Gasteiger partial charge in [-0.1, -0.05) is 6.92 Å². The summed E-state index contributed by atoms with van der Waals surface area (Å²) in [7, 11) is 0. The maximum atomic E-state index is 12.2. The quantitative estimate of drug-likeness (QED) is 0.896. The highest BCUT2D eigenvalue weighted by molar-refractivity contribution is 5.78. The van der Waals surface area contributed by atoms with E-state index in [0.29, 0.717) is 0 Å². The third-order valence-electron chi connectivity index (χ3n) is 3.59. The van der Waals surface area contributed by atoms with Gasteiger partial charge in [0.25, 0.3) is 0 Å². The first-order valence-electron chi connectivity index (χ1n) is 6.38. The normalized spacial score (nSPS) is 17.9. The van der Waals surface area contributed by atoms with Gasteiger partial charge in [0.15, 0.2) is 0 Å². The monoisotopic (exact) mass is 290 g/mol. The molecule has 1 aliphatic heterocycles. The van der Waals surface area contributed by atoms with Crippen molar-refractivity contribution >= 4 is 5.91 Å². The number of hydrogen-bond acceptors (Lipinski definition) is 3. The molecule has 1 aromatic rings. The molecule has 1 aliphatic rings. The molecule has 1 amide bonds. The molecular weight excluding hydrogens is 273 g/mol. The van der Waals surface area contributed by atoms with Gasteiger partial charge in [-0.3, -0.25) is 9.48 Å². The molecule has 0 unspecified atom stereocenters. The maximum absolute atomic E-state index is 12.2. The van der Waals surface area contributed by atoms with Gasteiger partial charge in [0.2, 0.25) is 5.91 Å². The summed E-state index contributed by atoms with van der Waals surface area (Å²) in [5.41, 5.74) is 6.17. The van der Waals surface area contributed by atoms with Crippen molar-refractivity contribution in [2.24, 2.45) is 5.73 Å². The van der Waals surface area contributed by atoms with Crippen molar-refractivity contribution in [3.63, 3.8) is 0 Å². The van der Waals surface area contributed by atoms with E-state index in [-0.39, 0.29) is 19.6 Å². The van der Waals surface area contributed by atoms with E-state index in [2.05, 4.69) is 5.10 Å². The predicted octanol–water partition coefficient (Wildman–Crippen LogP) is 0.894. The van der Waals surface area contributed by atoms with Crippen LogP contribution in [0.1, 0.15) is 18.9 Å². The van der Waals surface area contributed by atoms with Crippen molar-refractivity contribution in [3.8, 4) is 0 Å². The van der Waals surface area contributed by atoms with Crippen LogP contribution in [0, 0.1) is 0 Å². The molecular formula is C12H17F3N4O. The summed E-state index contributed by atoms with van der Waals surface area (Å²) in [6.45, 7) is 2.55. The molecule has 0 aromatic carbocycles. The highest BCUT2D eigenvalue weighted by Crippen LogP contribution is 2.30. The Morgan fingerprint density at radius 1 is 1.50 bits per heavy atom. The third kappa shape index (κ3) is 2.79. The van der Waals surface area contributed by atoms with Gasteiger partial charge in [-0.2, -0.15) is 18.3 Å². The largest absolute Gasteiger partial charge is 0.397 e. The van der Waals surface area contributed by atoms with Crippen LogP contribution in [-0.4, -0.2) is 46.4 Å². The van der Waals surface area contributed by atoms with E-state index in [0.717, 1.165) is 12.0 Å². The van der Waals surface area contributed by atoms with E-state index in [9.17, 15) is 18.0 Å². The molecule has 0 bridgehead atoms. The molecule has 0 radical (unpaired) electrons. The number of aromatic nitrogens is 2. The van der Waals surface area contributed by atoms with Crippen LogP contribution in [-0.2, 0) is 16.8 Å². The number of amides is 1. The zero-order valence-corrected chi connectivity index (χ0v) is 11.2. The fourth-order valence-corrected chi connectivity index (χ4v) is 2.29. The van der Waals surface area contributed by atoms with E-state index < -0.39 is 24.0 Å². The van der Waals surface area contributed by atoms with E-state index in [1.165, 1.54) is 4.90 Å². The Balaban J connectivity index is 2.02. The van der Waals surface area contributed by atoms with Crippen LogP contribution < -0.4 is 5.73 Å². The molecule has 112 valence electrons. The number of halogens is 3. The van der Waals surface area contributed by atoms with Crippen molar-refractivity contribution in [3.05, 3.63) is 18.0 Å². The van der Waals surface area contributed by atoms with Crippen LogP contribution in [0.5, 0.6) is 0 Å². The van der Waals surface area contributed by atoms with E-state index in [4.69, 9.17) is 5.73 Å². The molecule has 1 fully saturated rings. The van der Waals surface area contributed by atoms with E-state index in [1.807, 2.05) is 13.1 Å². The molecule has 0 aliphatic carbocycles. The molecule has 1 saturated heterocycles. The SMILES string of the molecule is CCc1cnn(C2(CN)CN(C(=O)CC(F)(F)F)C2)c1. The highest BCUT2D eigenvalue weighted by atomic mass is 19.4. The van der Waals surface area contributed by atoms with Crippen LogP contribution in [0.3, 0.4) is 0 Å². The Bertz CT molecular complexity index is 491. The van der Waals surface area contributed by atoms with Gasteiger partial charge in [0.05, 0.1) is 6.20 Å². The molecule has 1 aromatic heterocycles. The first-order chi connectivity index (χ1) is 9.29. The second-order valence-corrected chi connectivity index (χ2v) is 5.12. The summed E-state index contributed by atoms with van der Waals surface area (Å²) < 4.78 is 38.2. The molecule has 5 nitrogen and oxygen atoms in total. The van der Waals surface area contributed by atoms with Gasteiger partial charge in [0.1, 0.15) is 12.0 Å². The zero-order chi connectivity index (χ0) is 15.0. The minimum atomic E-state index is -4.47. The summed E-state index contributed by atoms with van der Waals surface area (Å²) in [6, 6.07) is 0. The van der Waals surface area contributed by atoms with E-state index >= 15 is 0 Å². The first kappa shape index (κ1) is 14.8. The first-order valence-corrected chi connectivity index (χ1v) is 6.38. The minimum absolute atomic E-state index is 0.170. The third-order valence-corrected chi connectivity index (χ3v) is 3.59. The number of carbonyl (C=O) groups excluding carboxylic acids is 1. The van der Waals surface area contributed by atoms with Gasteiger partial charge < -0.3 is 10.6 Å². The summed E-state index contributed by atoms with van der Waals surface area (Å²) in [6.07, 6.45) is -1.54. The Labute approximate surface area is 114 Å². The molecule has 0 spiro atoms. The molecule has 2 N–H and O–H groups in total. The lowest BCUT2D eigenvalue weighted by atomic mass is 9.89. The van der Waals surface area contributed by atoms with Crippen LogP contribution in [0.15, 0.2) is 12.4 Å². The summed E-state index contributed by atoms with van der Waals surface area (Å²) >= 11 is 0. The molecule has 2 heterocycles. The number of nitrogens with zero attached hydrogens (tertiary/aromatic N) is 3. The second-order valence-electron chi connectivity index (χ2n) is 5.12. The van der Waals surface area contributed by atoms with Crippen LogP contribution in [0.25, 0.3) is 0 Å². The fraction of sp³-hybridized carbons (Fsp3) is 0.667. The zero-order valence-electron chi connectivity index (χ0n) is 11.2. The topological polar surface area (TPSA) is 64.2 Å². The van der Waals surface area contributed by atoms with Crippen molar-refractivity contribution < 1.29 is 18.0 Å². The van der Waals surface area contributed by atoms with E-state index in [1.54, 1.807) is 10.9 Å². The Hall–Kier alpha value is -1.57. The highest BCUT2D eigenvalue weighted by Gasteiger charge is 2.48. The van der Waals surface area contributed by atoms with Crippen LogP contribution in [0.2, 0.25) is 0 Å². The summed E-state index contributed by atoms with van der Waals surface area (Å²) in [5.74, 6) is -0.913. The van der Waals surface area contributed by atoms with Gasteiger partial charge in [-0.05, 0) is 12.0 Å². The fourth-order valence-electron chi connectivity index (χ4n) is 2.29. The Kier molecular flexibility index (Phi) is 3.77. The minimum Gasteiger partial charge on any atom is -0.337 e. The lowest BCUT2D eigenvalue weighted by Crippen LogP contribution is -2.67. The number of aryl methyl sites for hydroxylation is 1. The second kappa shape index (κ2) is 5.08. The number of carbonyl (C=O) groups is 1. The molecule has 0 atom stereocenters. The van der Waals surface area contributed by atoms with Crippen molar-refractivity contribution in [2.75, 3.05) is 19.6 Å². The number of hydrogen-bond donors (Lipinski definition) is 1. The van der Waals surface area contributed by atoms with Crippen molar-refractivity contribution in [2.45, 2.75) is 31.5 Å². The summed E-state index contributed by atoms with van der Waals surface area (Å²) in [4.78, 5) is 12.6. The number of nitrogens with two attached hydrogens (primary N) is 1. The molecule has 20 heavy (non-hydrogen) atoms. The van der Waals surface area contributed by atoms with Gasteiger partial charge >= 0.3 is 6.18 Å². The Morgan fingerprint density at radius 3 is 2.60 bits per heavy atom. The van der Waals surface area contributed by atoms with Crippen molar-refractivity contribution in [1.82, 2.24) is 14.7 Å². The predicted molar refractivity (Wildman–Crippen MR) is 65.9 cm³/mol. The average Bonchev–Trinajstić information content (AvgIpc) is 2.75.